The van der Waals surface area contributed by atoms with Crippen LogP contribution in [0.1, 0.15) is 32.6 Å². The molecule has 2 saturated heterocycles. The van der Waals surface area contributed by atoms with Crippen LogP contribution in [0.15, 0.2) is 0 Å². The number of carbonyl (C=O) groups excluding carboxylic acids is 1. The predicted molar refractivity (Wildman–Crippen MR) is 75.5 cm³/mol. The zero-order valence-electron chi connectivity index (χ0n) is 12.3. The van der Waals surface area contributed by atoms with Gasteiger partial charge in [-0.1, -0.05) is 0 Å². The Morgan fingerprint density at radius 3 is 2.55 bits per heavy atom. The number of rotatable bonds is 4. The molecule has 0 aromatic rings. The van der Waals surface area contributed by atoms with E-state index in [2.05, 4.69) is 10.2 Å². The van der Waals surface area contributed by atoms with Gasteiger partial charge in [0.2, 0.25) is 5.91 Å². The number of nitrogens with zero attached hydrogens (tertiary/aromatic N) is 2. The molecule has 2 aliphatic rings. The highest BCUT2D eigenvalue weighted by molar-refractivity contribution is 5.86. The summed E-state index contributed by atoms with van der Waals surface area (Å²) in [6.45, 7) is 4.52. The minimum atomic E-state index is -0.952. The molecule has 6 heteroatoms. The number of likely N-dealkylation sites (tertiary alicyclic amines) is 1. The fraction of sp³-hybridized carbons (Fsp3) is 0.857. The standard InChI is InChI=1S/C14H25N3O3/c1-10(14(19)20)16(2)13(18)12-4-3-9-17(12)11-5-7-15-8-6-11/h10-12,15H,3-9H2,1-2H3,(H,19,20). The summed E-state index contributed by atoms with van der Waals surface area (Å²) in [4.78, 5) is 27.3. The van der Waals surface area contributed by atoms with E-state index in [0.717, 1.165) is 45.3 Å². The molecule has 0 aromatic heterocycles. The number of hydrogen-bond donors (Lipinski definition) is 2. The third kappa shape index (κ3) is 3.12. The molecule has 0 saturated carbocycles. The van der Waals surface area contributed by atoms with Gasteiger partial charge in [-0.25, -0.2) is 4.79 Å². The third-order valence-corrected chi connectivity index (χ3v) is 4.64. The van der Waals surface area contributed by atoms with Crippen LogP contribution in [-0.4, -0.2) is 71.6 Å². The summed E-state index contributed by atoms with van der Waals surface area (Å²) in [6.07, 6.45) is 4.01. The van der Waals surface area contributed by atoms with Gasteiger partial charge in [0.25, 0.3) is 0 Å². The van der Waals surface area contributed by atoms with Crippen molar-refractivity contribution in [1.29, 1.82) is 0 Å². The smallest absolute Gasteiger partial charge is 0.326 e. The topological polar surface area (TPSA) is 72.9 Å². The molecule has 6 nitrogen and oxygen atoms in total. The first kappa shape index (κ1) is 15.3. The van der Waals surface area contributed by atoms with Crippen molar-refractivity contribution < 1.29 is 14.7 Å². The summed E-state index contributed by atoms with van der Waals surface area (Å²) < 4.78 is 0. The van der Waals surface area contributed by atoms with Gasteiger partial charge >= 0.3 is 5.97 Å². The normalized spacial score (nSPS) is 26.4. The van der Waals surface area contributed by atoms with E-state index < -0.39 is 12.0 Å². The van der Waals surface area contributed by atoms with Crippen molar-refractivity contribution >= 4 is 11.9 Å². The Balaban J connectivity index is 2.02. The highest BCUT2D eigenvalue weighted by atomic mass is 16.4. The zero-order chi connectivity index (χ0) is 14.7. The summed E-state index contributed by atoms with van der Waals surface area (Å²) in [7, 11) is 1.60. The van der Waals surface area contributed by atoms with E-state index in [1.165, 1.54) is 4.90 Å². The van der Waals surface area contributed by atoms with E-state index in [-0.39, 0.29) is 11.9 Å². The lowest BCUT2D eigenvalue weighted by molar-refractivity contribution is -0.150. The van der Waals surface area contributed by atoms with Gasteiger partial charge in [-0.2, -0.15) is 0 Å². The van der Waals surface area contributed by atoms with Gasteiger partial charge in [-0.05, 0) is 52.2 Å². The van der Waals surface area contributed by atoms with Crippen LogP contribution in [0.5, 0.6) is 0 Å². The minimum Gasteiger partial charge on any atom is -0.480 e. The molecule has 2 atom stereocenters. The monoisotopic (exact) mass is 283 g/mol. The van der Waals surface area contributed by atoms with Crippen LogP contribution in [-0.2, 0) is 9.59 Å². The number of aliphatic carboxylic acids is 1. The van der Waals surface area contributed by atoms with Crippen molar-refractivity contribution in [2.24, 2.45) is 0 Å². The van der Waals surface area contributed by atoms with E-state index in [1.54, 1.807) is 14.0 Å². The van der Waals surface area contributed by atoms with Gasteiger partial charge in [-0.3, -0.25) is 9.69 Å². The van der Waals surface area contributed by atoms with Gasteiger partial charge in [0, 0.05) is 13.1 Å². The fourth-order valence-electron chi connectivity index (χ4n) is 3.22. The Labute approximate surface area is 120 Å². The van der Waals surface area contributed by atoms with E-state index in [4.69, 9.17) is 5.11 Å². The largest absolute Gasteiger partial charge is 0.480 e. The quantitative estimate of drug-likeness (QED) is 0.767. The maximum absolute atomic E-state index is 12.5. The fourth-order valence-corrected chi connectivity index (χ4v) is 3.22. The number of hydrogen-bond acceptors (Lipinski definition) is 4. The van der Waals surface area contributed by atoms with Crippen LogP contribution in [0.4, 0.5) is 0 Å². The second kappa shape index (κ2) is 6.54. The molecular formula is C14H25N3O3. The lowest BCUT2D eigenvalue weighted by atomic mass is 10.0. The summed E-state index contributed by atoms with van der Waals surface area (Å²) in [6, 6.07) is -0.441. The van der Waals surface area contributed by atoms with Gasteiger partial charge in [0.15, 0.2) is 0 Å². The average molecular weight is 283 g/mol. The van der Waals surface area contributed by atoms with Crippen molar-refractivity contribution in [2.45, 2.75) is 50.7 Å². The van der Waals surface area contributed by atoms with Crippen molar-refractivity contribution in [3.63, 3.8) is 0 Å². The average Bonchev–Trinajstić information content (AvgIpc) is 2.95. The first-order valence-corrected chi connectivity index (χ1v) is 7.48. The summed E-state index contributed by atoms with van der Waals surface area (Å²) in [5.41, 5.74) is 0. The van der Waals surface area contributed by atoms with Crippen LogP contribution in [0.2, 0.25) is 0 Å². The Kier molecular flexibility index (Phi) is 4.99. The van der Waals surface area contributed by atoms with Crippen LogP contribution < -0.4 is 5.32 Å². The van der Waals surface area contributed by atoms with Gasteiger partial charge in [-0.15, -0.1) is 0 Å². The van der Waals surface area contributed by atoms with Crippen LogP contribution in [0, 0.1) is 0 Å². The van der Waals surface area contributed by atoms with E-state index in [1.807, 2.05) is 0 Å². The zero-order valence-corrected chi connectivity index (χ0v) is 12.3. The molecule has 114 valence electrons. The molecule has 2 rings (SSSR count). The van der Waals surface area contributed by atoms with Gasteiger partial charge in [0.1, 0.15) is 6.04 Å². The summed E-state index contributed by atoms with van der Waals surface area (Å²) >= 11 is 0. The second-order valence-corrected chi connectivity index (χ2v) is 5.84. The molecule has 1 amide bonds. The van der Waals surface area contributed by atoms with Crippen molar-refractivity contribution in [3.05, 3.63) is 0 Å². The molecule has 0 aromatic carbocycles. The number of carboxylic acid groups (broad SMARTS) is 1. The van der Waals surface area contributed by atoms with Crippen LogP contribution >= 0.6 is 0 Å². The lowest BCUT2D eigenvalue weighted by Crippen LogP contribution is -2.53. The van der Waals surface area contributed by atoms with Gasteiger partial charge < -0.3 is 15.3 Å². The highest BCUT2D eigenvalue weighted by Crippen LogP contribution is 2.26. The van der Waals surface area contributed by atoms with Crippen LogP contribution in [0.3, 0.4) is 0 Å². The summed E-state index contributed by atoms with van der Waals surface area (Å²) in [5, 5.41) is 12.4. The Morgan fingerprint density at radius 2 is 1.95 bits per heavy atom. The highest BCUT2D eigenvalue weighted by Gasteiger charge is 2.38. The van der Waals surface area contributed by atoms with Crippen LogP contribution in [0.25, 0.3) is 0 Å². The molecule has 0 bridgehead atoms. The summed E-state index contributed by atoms with van der Waals surface area (Å²) in [5.74, 6) is -0.997. The van der Waals surface area contributed by atoms with E-state index >= 15 is 0 Å². The molecule has 2 fully saturated rings. The molecular weight excluding hydrogens is 258 g/mol. The number of likely N-dealkylation sites (N-methyl/N-ethyl adjacent to an activating group) is 1. The minimum absolute atomic E-state index is 0.0454. The molecule has 2 N–H and O–H groups in total. The number of amides is 1. The molecule has 0 spiro atoms. The van der Waals surface area contributed by atoms with Crippen molar-refractivity contribution in [2.75, 3.05) is 26.7 Å². The molecule has 2 aliphatic heterocycles. The molecule has 0 radical (unpaired) electrons. The third-order valence-electron chi connectivity index (χ3n) is 4.64. The Hall–Kier alpha value is -1.14. The first-order valence-electron chi connectivity index (χ1n) is 7.48. The van der Waals surface area contributed by atoms with Crippen molar-refractivity contribution in [1.82, 2.24) is 15.1 Å². The Morgan fingerprint density at radius 1 is 1.30 bits per heavy atom. The SMILES string of the molecule is CC(C(=O)O)N(C)C(=O)C1CCCN1C1CCNCC1. The molecule has 2 heterocycles. The maximum Gasteiger partial charge on any atom is 0.326 e. The van der Waals surface area contributed by atoms with E-state index in [9.17, 15) is 9.59 Å². The number of piperidine rings is 1. The predicted octanol–water partition coefficient (Wildman–Crippen LogP) is 0.134. The number of carbonyl (C=O) groups is 2. The second-order valence-electron chi connectivity index (χ2n) is 5.84. The maximum atomic E-state index is 12.5. The van der Waals surface area contributed by atoms with Gasteiger partial charge in [0.05, 0.1) is 6.04 Å². The van der Waals surface area contributed by atoms with Crippen molar-refractivity contribution in [3.8, 4) is 0 Å². The Bertz CT molecular complexity index is 369. The first-order chi connectivity index (χ1) is 9.52. The molecule has 0 aliphatic carbocycles. The number of nitrogens with one attached hydrogen (secondary N) is 1. The molecule has 2 unspecified atom stereocenters. The molecule has 20 heavy (non-hydrogen) atoms. The van der Waals surface area contributed by atoms with E-state index in [0.29, 0.717) is 6.04 Å². The lowest BCUT2D eigenvalue weighted by Gasteiger charge is -2.37. The number of carboxylic acids is 1.